The Bertz CT molecular complexity index is 336. The first kappa shape index (κ1) is 9.43. The lowest BCUT2D eigenvalue weighted by atomic mass is 10.2. The van der Waals surface area contributed by atoms with Gasteiger partial charge in [0.25, 0.3) is 0 Å². The van der Waals surface area contributed by atoms with Crippen molar-refractivity contribution in [2.75, 3.05) is 13.6 Å². The highest BCUT2D eigenvalue weighted by atomic mass is 14.8. The molecular weight excluding hydrogens is 162 g/mol. The summed E-state index contributed by atoms with van der Waals surface area (Å²) in [6.45, 7) is 0.824. The maximum atomic E-state index is 8.58. The Kier molecular flexibility index (Phi) is 3.68. The Morgan fingerprint density at radius 2 is 2.54 bits per heavy atom. The van der Waals surface area contributed by atoms with E-state index < -0.39 is 0 Å². The number of likely N-dealkylation sites (N-methyl/N-ethyl adjacent to an activating group) is 1. The molecule has 0 fully saturated rings. The molecule has 1 rings (SSSR count). The second kappa shape index (κ2) is 5.07. The molecule has 0 saturated carbocycles. The molecule has 1 aromatic heterocycles. The van der Waals surface area contributed by atoms with Crippen LogP contribution in [0.25, 0.3) is 6.08 Å². The minimum atomic E-state index is 0.451. The summed E-state index contributed by atoms with van der Waals surface area (Å²) in [5, 5.41) is 11.6. The van der Waals surface area contributed by atoms with E-state index in [1.54, 1.807) is 12.3 Å². The van der Waals surface area contributed by atoms with Gasteiger partial charge in [0.15, 0.2) is 0 Å². The van der Waals surface area contributed by atoms with Gasteiger partial charge in [-0.15, -0.1) is 0 Å². The summed E-state index contributed by atoms with van der Waals surface area (Å²) in [4.78, 5) is 3.88. The van der Waals surface area contributed by atoms with Gasteiger partial charge in [-0.1, -0.05) is 12.2 Å². The van der Waals surface area contributed by atoms with E-state index in [-0.39, 0.29) is 0 Å². The van der Waals surface area contributed by atoms with E-state index in [0.29, 0.717) is 5.69 Å². The quantitative estimate of drug-likeness (QED) is 0.746. The maximum Gasteiger partial charge on any atom is 0.141 e. The molecule has 0 aliphatic rings. The Labute approximate surface area is 77.7 Å². The van der Waals surface area contributed by atoms with Crippen LogP contribution in [0.3, 0.4) is 0 Å². The van der Waals surface area contributed by atoms with Crippen molar-refractivity contribution in [2.24, 2.45) is 0 Å². The lowest BCUT2D eigenvalue weighted by Crippen LogP contribution is -2.03. The van der Waals surface area contributed by atoms with Gasteiger partial charge in [0.05, 0.1) is 0 Å². The van der Waals surface area contributed by atoms with Crippen molar-refractivity contribution in [3.05, 3.63) is 35.7 Å². The summed E-state index contributed by atoms with van der Waals surface area (Å²) >= 11 is 0. The molecule has 0 radical (unpaired) electrons. The third kappa shape index (κ3) is 3.06. The van der Waals surface area contributed by atoms with Gasteiger partial charge < -0.3 is 5.32 Å². The smallest absolute Gasteiger partial charge is 0.141 e. The maximum absolute atomic E-state index is 8.58. The zero-order valence-electron chi connectivity index (χ0n) is 7.49. The van der Waals surface area contributed by atoms with Crippen molar-refractivity contribution in [3.63, 3.8) is 0 Å². The van der Waals surface area contributed by atoms with Gasteiger partial charge in [0.2, 0.25) is 0 Å². The highest BCUT2D eigenvalue weighted by Crippen LogP contribution is 2.02. The molecule has 0 amide bonds. The summed E-state index contributed by atoms with van der Waals surface area (Å²) in [5.74, 6) is 0. The van der Waals surface area contributed by atoms with Crippen molar-refractivity contribution >= 4 is 6.08 Å². The van der Waals surface area contributed by atoms with Crippen LogP contribution in [-0.2, 0) is 0 Å². The molecule has 1 N–H and O–H groups in total. The Hall–Kier alpha value is -1.66. The van der Waals surface area contributed by atoms with Crippen molar-refractivity contribution in [1.29, 1.82) is 5.26 Å². The monoisotopic (exact) mass is 173 g/mol. The number of hydrogen-bond acceptors (Lipinski definition) is 3. The minimum Gasteiger partial charge on any atom is -0.316 e. The van der Waals surface area contributed by atoms with Gasteiger partial charge in [-0.3, -0.25) is 0 Å². The van der Waals surface area contributed by atoms with Crippen molar-refractivity contribution in [1.82, 2.24) is 10.3 Å². The molecule has 0 unspecified atom stereocenters. The molecule has 0 aliphatic carbocycles. The van der Waals surface area contributed by atoms with Gasteiger partial charge in [-0.25, -0.2) is 4.98 Å². The lowest BCUT2D eigenvalue weighted by molar-refractivity contribution is 0.922. The molecule has 1 aromatic rings. The standard InChI is InChI=1S/C10H11N3/c1-12-5-2-3-9-4-6-13-10(7-9)8-11/h2-4,6-7,12H,5H2,1H3. The van der Waals surface area contributed by atoms with Crippen LogP contribution in [0.4, 0.5) is 0 Å². The van der Waals surface area contributed by atoms with Crippen molar-refractivity contribution in [2.45, 2.75) is 0 Å². The summed E-state index contributed by atoms with van der Waals surface area (Å²) in [6, 6.07) is 5.62. The average molecular weight is 173 g/mol. The zero-order valence-corrected chi connectivity index (χ0v) is 7.49. The van der Waals surface area contributed by atoms with Crippen molar-refractivity contribution in [3.8, 4) is 6.07 Å². The second-order valence-corrected chi connectivity index (χ2v) is 2.55. The predicted molar refractivity (Wildman–Crippen MR) is 51.9 cm³/mol. The highest BCUT2D eigenvalue weighted by Gasteiger charge is 1.90. The molecule has 0 atom stereocenters. The normalized spacial score (nSPS) is 10.2. The van der Waals surface area contributed by atoms with E-state index in [9.17, 15) is 0 Å². The molecule has 0 bridgehead atoms. The van der Waals surface area contributed by atoms with Gasteiger partial charge in [0, 0.05) is 12.7 Å². The number of nitrogens with zero attached hydrogens (tertiary/aromatic N) is 2. The van der Waals surface area contributed by atoms with Crippen LogP contribution in [0.15, 0.2) is 24.4 Å². The number of aromatic nitrogens is 1. The first-order valence-electron chi connectivity index (χ1n) is 4.04. The predicted octanol–water partition coefficient (Wildman–Crippen LogP) is 1.19. The van der Waals surface area contributed by atoms with Crippen LogP contribution in [0, 0.1) is 11.3 Å². The van der Waals surface area contributed by atoms with Gasteiger partial charge >= 0.3 is 0 Å². The minimum absolute atomic E-state index is 0.451. The van der Waals surface area contributed by atoms with E-state index in [1.165, 1.54) is 0 Å². The Morgan fingerprint density at radius 3 is 3.23 bits per heavy atom. The van der Waals surface area contributed by atoms with Gasteiger partial charge in [-0.2, -0.15) is 5.26 Å². The van der Waals surface area contributed by atoms with E-state index in [2.05, 4.69) is 10.3 Å². The SMILES string of the molecule is CNCC=Cc1ccnc(C#N)c1. The van der Waals surface area contributed by atoms with Crippen LogP contribution >= 0.6 is 0 Å². The fourth-order valence-corrected chi connectivity index (χ4v) is 0.925. The molecule has 0 aromatic carbocycles. The molecule has 3 nitrogen and oxygen atoms in total. The average Bonchev–Trinajstić information content (AvgIpc) is 2.19. The van der Waals surface area contributed by atoms with Crippen LogP contribution in [0.2, 0.25) is 0 Å². The molecule has 1 heterocycles. The summed E-state index contributed by atoms with van der Waals surface area (Å²) in [6.07, 6.45) is 5.59. The summed E-state index contributed by atoms with van der Waals surface area (Å²) in [5.41, 5.74) is 1.45. The molecule has 3 heteroatoms. The number of pyridine rings is 1. The molecule has 0 aliphatic heterocycles. The van der Waals surface area contributed by atoms with Gasteiger partial charge in [-0.05, 0) is 24.7 Å². The number of hydrogen-bond donors (Lipinski definition) is 1. The largest absolute Gasteiger partial charge is 0.316 e. The van der Waals surface area contributed by atoms with Crippen LogP contribution < -0.4 is 5.32 Å². The highest BCUT2D eigenvalue weighted by molar-refractivity contribution is 5.50. The molecular formula is C10H11N3. The molecule has 0 spiro atoms. The number of nitriles is 1. The molecule has 66 valence electrons. The molecule has 0 saturated heterocycles. The Morgan fingerprint density at radius 1 is 1.69 bits per heavy atom. The Balaban J connectivity index is 2.73. The van der Waals surface area contributed by atoms with Crippen LogP contribution in [0.5, 0.6) is 0 Å². The third-order valence-corrected chi connectivity index (χ3v) is 1.53. The zero-order chi connectivity index (χ0) is 9.52. The van der Waals surface area contributed by atoms with Crippen LogP contribution in [0.1, 0.15) is 11.3 Å². The topological polar surface area (TPSA) is 48.7 Å². The van der Waals surface area contributed by atoms with Crippen LogP contribution in [-0.4, -0.2) is 18.6 Å². The van der Waals surface area contributed by atoms with E-state index >= 15 is 0 Å². The van der Waals surface area contributed by atoms with Crippen molar-refractivity contribution < 1.29 is 0 Å². The third-order valence-electron chi connectivity index (χ3n) is 1.53. The summed E-state index contributed by atoms with van der Waals surface area (Å²) in [7, 11) is 1.89. The first-order valence-corrected chi connectivity index (χ1v) is 4.04. The van der Waals surface area contributed by atoms with E-state index in [1.807, 2.05) is 31.3 Å². The number of nitrogens with one attached hydrogen (secondary N) is 1. The fraction of sp³-hybridized carbons (Fsp3) is 0.200. The second-order valence-electron chi connectivity index (χ2n) is 2.55. The molecule has 13 heavy (non-hydrogen) atoms. The number of rotatable bonds is 3. The summed E-state index contributed by atoms with van der Waals surface area (Å²) < 4.78 is 0. The van der Waals surface area contributed by atoms with Gasteiger partial charge in [0.1, 0.15) is 11.8 Å². The van der Waals surface area contributed by atoms with E-state index in [0.717, 1.165) is 12.1 Å². The lowest BCUT2D eigenvalue weighted by Gasteiger charge is -1.93. The van der Waals surface area contributed by atoms with E-state index in [4.69, 9.17) is 5.26 Å². The first-order chi connectivity index (χ1) is 6.36. The fourth-order valence-electron chi connectivity index (χ4n) is 0.925.